The molecule has 0 amide bonds. The molecule has 0 spiro atoms. The average Bonchev–Trinajstić information content (AvgIpc) is 2.04. The van der Waals surface area contributed by atoms with Crippen molar-refractivity contribution in [1.29, 1.82) is 0 Å². The third-order valence-corrected chi connectivity index (χ3v) is 2.69. The Kier molecular flexibility index (Phi) is 4.00. The van der Waals surface area contributed by atoms with E-state index in [-0.39, 0.29) is 6.54 Å². The van der Waals surface area contributed by atoms with Crippen LogP contribution in [0.4, 0.5) is 13.2 Å². The Balaban J connectivity index is 2.30. The second-order valence-corrected chi connectivity index (χ2v) is 4.03. The second-order valence-electron chi connectivity index (χ2n) is 2.92. The summed E-state index contributed by atoms with van der Waals surface area (Å²) in [7, 11) is 0. The largest absolute Gasteiger partial charge is 0.402 e. The Hall–Kier alpha value is 0.190. The highest BCUT2D eigenvalue weighted by Crippen LogP contribution is 2.27. The third kappa shape index (κ3) is 3.83. The molecule has 0 saturated carbocycles. The predicted molar refractivity (Wildman–Crippen MR) is 46.0 cm³/mol. The molecule has 0 aliphatic carbocycles. The first-order valence-electron chi connectivity index (χ1n) is 4.01. The lowest BCUT2D eigenvalue weighted by Crippen LogP contribution is -2.43. The van der Waals surface area contributed by atoms with Crippen LogP contribution >= 0.6 is 15.9 Å². The van der Waals surface area contributed by atoms with Gasteiger partial charge in [-0.25, -0.2) is 0 Å². The minimum absolute atomic E-state index is 0.00681. The number of hydrogen-bond donors (Lipinski definition) is 0. The molecular weight excluding hydrogens is 251 g/mol. The van der Waals surface area contributed by atoms with E-state index >= 15 is 0 Å². The Bertz CT molecular complexity index is 158. The van der Waals surface area contributed by atoms with Crippen LogP contribution in [0.3, 0.4) is 0 Å². The van der Waals surface area contributed by atoms with Crippen molar-refractivity contribution < 1.29 is 17.9 Å². The molecule has 1 aliphatic rings. The first-order valence-corrected chi connectivity index (χ1v) is 4.92. The summed E-state index contributed by atoms with van der Waals surface area (Å²) in [5.74, 6) is 0. The SMILES string of the molecule is FC(F)(F)C(Br)CN1CCOCC1. The molecule has 1 rings (SSSR count). The lowest BCUT2D eigenvalue weighted by Gasteiger charge is -2.29. The fourth-order valence-electron chi connectivity index (χ4n) is 1.11. The number of morpholine rings is 1. The van der Waals surface area contributed by atoms with E-state index < -0.39 is 11.0 Å². The number of alkyl halides is 4. The summed E-state index contributed by atoms with van der Waals surface area (Å²) in [4.78, 5) is 0.314. The number of halogens is 4. The van der Waals surface area contributed by atoms with Crippen LogP contribution in [0.2, 0.25) is 0 Å². The monoisotopic (exact) mass is 261 g/mol. The van der Waals surface area contributed by atoms with E-state index in [9.17, 15) is 13.2 Å². The maximum atomic E-state index is 12.1. The van der Waals surface area contributed by atoms with Crippen molar-refractivity contribution in [3.63, 3.8) is 0 Å². The topological polar surface area (TPSA) is 12.5 Å². The van der Waals surface area contributed by atoms with Gasteiger partial charge in [0.2, 0.25) is 0 Å². The molecule has 0 aromatic carbocycles. The highest BCUT2D eigenvalue weighted by molar-refractivity contribution is 9.09. The van der Waals surface area contributed by atoms with Crippen molar-refractivity contribution in [2.24, 2.45) is 0 Å². The number of nitrogens with zero attached hydrogens (tertiary/aromatic N) is 1. The Labute approximate surface area is 83.2 Å². The molecule has 0 bridgehead atoms. The van der Waals surface area contributed by atoms with Crippen LogP contribution in [-0.4, -0.2) is 48.8 Å². The Morgan fingerprint density at radius 3 is 2.31 bits per heavy atom. The summed E-state index contributed by atoms with van der Waals surface area (Å²) >= 11 is 2.63. The lowest BCUT2D eigenvalue weighted by molar-refractivity contribution is -0.132. The van der Waals surface area contributed by atoms with Crippen LogP contribution in [0.1, 0.15) is 0 Å². The zero-order valence-corrected chi connectivity index (χ0v) is 8.57. The smallest absolute Gasteiger partial charge is 0.379 e. The molecule has 0 aromatic heterocycles. The van der Waals surface area contributed by atoms with Gasteiger partial charge in [0.15, 0.2) is 0 Å². The minimum atomic E-state index is -4.15. The van der Waals surface area contributed by atoms with Gasteiger partial charge in [-0.15, -0.1) is 0 Å². The fraction of sp³-hybridized carbons (Fsp3) is 1.00. The summed E-state index contributed by atoms with van der Waals surface area (Å²) < 4.78 is 41.3. The number of ether oxygens (including phenoxy) is 1. The van der Waals surface area contributed by atoms with Gasteiger partial charge in [-0.1, -0.05) is 15.9 Å². The standard InChI is InChI=1S/C7H11BrF3NO/c8-6(7(9,10)11)5-12-1-3-13-4-2-12/h6H,1-5H2. The van der Waals surface area contributed by atoms with Crippen molar-refractivity contribution in [1.82, 2.24) is 4.90 Å². The molecule has 1 heterocycles. The van der Waals surface area contributed by atoms with E-state index in [1.54, 1.807) is 4.90 Å². The van der Waals surface area contributed by atoms with Gasteiger partial charge in [0.05, 0.1) is 13.2 Å². The highest BCUT2D eigenvalue weighted by Gasteiger charge is 2.38. The Morgan fingerprint density at radius 2 is 1.85 bits per heavy atom. The van der Waals surface area contributed by atoms with Gasteiger partial charge < -0.3 is 4.74 Å². The van der Waals surface area contributed by atoms with Crippen LogP contribution in [0.25, 0.3) is 0 Å². The van der Waals surface area contributed by atoms with Crippen LogP contribution in [0.15, 0.2) is 0 Å². The summed E-state index contributed by atoms with van der Waals surface area (Å²) in [5.41, 5.74) is 0. The van der Waals surface area contributed by atoms with Crippen LogP contribution in [0, 0.1) is 0 Å². The number of rotatable bonds is 2. The molecule has 1 atom stereocenters. The van der Waals surface area contributed by atoms with Crippen molar-refractivity contribution in [3.05, 3.63) is 0 Å². The van der Waals surface area contributed by atoms with Crippen molar-refractivity contribution in [2.75, 3.05) is 32.8 Å². The molecular formula is C7H11BrF3NO. The highest BCUT2D eigenvalue weighted by atomic mass is 79.9. The van der Waals surface area contributed by atoms with E-state index in [1.807, 2.05) is 0 Å². The minimum Gasteiger partial charge on any atom is -0.379 e. The summed E-state index contributed by atoms with van der Waals surface area (Å²) in [6.07, 6.45) is -4.15. The molecule has 13 heavy (non-hydrogen) atoms. The number of hydrogen-bond acceptors (Lipinski definition) is 2. The van der Waals surface area contributed by atoms with Crippen molar-refractivity contribution in [2.45, 2.75) is 11.0 Å². The molecule has 6 heteroatoms. The second kappa shape index (κ2) is 4.61. The molecule has 1 saturated heterocycles. The quantitative estimate of drug-likeness (QED) is 0.701. The molecule has 0 aromatic rings. The summed E-state index contributed by atoms with van der Waals surface area (Å²) in [6.45, 7) is 2.22. The van der Waals surface area contributed by atoms with E-state index in [4.69, 9.17) is 4.74 Å². The molecule has 0 N–H and O–H groups in total. The van der Waals surface area contributed by atoms with Gasteiger partial charge in [0.25, 0.3) is 0 Å². The first kappa shape index (κ1) is 11.3. The lowest BCUT2D eigenvalue weighted by atomic mass is 10.3. The molecule has 1 aliphatic heterocycles. The summed E-state index contributed by atoms with van der Waals surface area (Å²) in [5, 5.41) is 0. The first-order chi connectivity index (χ1) is 6.00. The predicted octanol–water partition coefficient (Wildman–Crippen LogP) is 1.64. The van der Waals surface area contributed by atoms with Gasteiger partial charge in [-0.2, -0.15) is 13.2 Å². The van der Waals surface area contributed by atoms with Gasteiger partial charge in [-0.3, -0.25) is 4.90 Å². The average molecular weight is 262 g/mol. The Morgan fingerprint density at radius 1 is 1.31 bits per heavy atom. The maximum absolute atomic E-state index is 12.1. The van der Waals surface area contributed by atoms with E-state index in [0.717, 1.165) is 0 Å². The molecule has 2 nitrogen and oxygen atoms in total. The van der Waals surface area contributed by atoms with Gasteiger partial charge in [0.1, 0.15) is 4.83 Å². The summed E-state index contributed by atoms with van der Waals surface area (Å²) in [6, 6.07) is 0. The molecule has 1 fully saturated rings. The van der Waals surface area contributed by atoms with E-state index in [0.29, 0.717) is 26.3 Å². The molecule has 78 valence electrons. The maximum Gasteiger partial charge on any atom is 0.402 e. The van der Waals surface area contributed by atoms with Crippen LogP contribution in [-0.2, 0) is 4.74 Å². The fourth-order valence-corrected chi connectivity index (χ4v) is 1.52. The van der Waals surface area contributed by atoms with Crippen LogP contribution < -0.4 is 0 Å². The normalized spacial score (nSPS) is 23.1. The zero-order chi connectivity index (χ0) is 9.90. The third-order valence-electron chi connectivity index (χ3n) is 1.88. The van der Waals surface area contributed by atoms with Crippen molar-refractivity contribution in [3.8, 4) is 0 Å². The zero-order valence-electron chi connectivity index (χ0n) is 6.98. The molecule has 0 radical (unpaired) electrons. The van der Waals surface area contributed by atoms with Crippen LogP contribution in [0.5, 0.6) is 0 Å². The van der Waals surface area contributed by atoms with Gasteiger partial charge in [0, 0.05) is 19.6 Å². The van der Waals surface area contributed by atoms with Crippen molar-refractivity contribution >= 4 is 15.9 Å². The van der Waals surface area contributed by atoms with E-state index in [2.05, 4.69) is 15.9 Å². The molecule has 1 unspecified atom stereocenters. The van der Waals surface area contributed by atoms with E-state index in [1.165, 1.54) is 0 Å². The van der Waals surface area contributed by atoms with Gasteiger partial charge >= 0.3 is 6.18 Å². The van der Waals surface area contributed by atoms with Gasteiger partial charge in [-0.05, 0) is 0 Å².